The van der Waals surface area contributed by atoms with Gasteiger partial charge in [0, 0.05) is 19.1 Å². The van der Waals surface area contributed by atoms with Gasteiger partial charge in [-0.15, -0.1) is 0 Å². The molecule has 0 aromatic carbocycles. The molecule has 0 aliphatic carbocycles. The molecule has 2 atom stereocenters. The monoisotopic (exact) mass is 254 g/mol. The molecule has 1 unspecified atom stereocenters. The molecule has 6 heteroatoms. The summed E-state index contributed by atoms with van der Waals surface area (Å²) < 4.78 is 0. The molecule has 2 amide bonds. The second kappa shape index (κ2) is 5.67. The van der Waals surface area contributed by atoms with Crippen molar-refractivity contribution in [1.29, 1.82) is 0 Å². The molecule has 2 aliphatic rings. The van der Waals surface area contributed by atoms with Crippen LogP contribution in [0.2, 0.25) is 0 Å². The Morgan fingerprint density at radius 2 is 1.89 bits per heavy atom. The third-order valence-electron chi connectivity index (χ3n) is 3.87. The van der Waals surface area contributed by atoms with Crippen molar-refractivity contribution in [2.45, 2.75) is 37.8 Å². The van der Waals surface area contributed by atoms with Crippen LogP contribution in [0.1, 0.15) is 25.7 Å². The van der Waals surface area contributed by atoms with Gasteiger partial charge in [-0.3, -0.25) is 14.5 Å². The lowest BCUT2D eigenvalue weighted by molar-refractivity contribution is -0.133. The van der Waals surface area contributed by atoms with E-state index in [1.54, 1.807) is 4.90 Å². The van der Waals surface area contributed by atoms with Crippen molar-refractivity contribution in [2.24, 2.45) is 11.5 Å². The minimum atomic E-state index is -0.778. The van der Waals surface area contributed by atoms with Gasteiger partial charge in [0.15, 0.2) is 0 Å². The summed E-state index contributed by atoms with van der Waals surface area (Å²) in [6.07, 6.45) is 3.45. The summed E-state index contributed by atoms with van der Waals surface area (Å²) in [6, 6.07) is -0.308. The zero-order valence-electron chi connectivity index (χ0n) is 10.7. The summed E-state index contributed by atoms with van der Waals surface area (Å²) in [4.78, 5) is 27.0. The zero-order chi connectivity index (χ0) is 13.1. The molecule has 102 valence electrons. The summed E-state index contributed by atoms with van der Waals surface area (Å²) in [5.41, 5.74) is 10.8. The van der Waals surface area contributed by atoms with Gasteiger partial charge >= 0.3 is 0 Å². The van der Waals surface area contributed by atoms with Crippen LogP contribution in [0.4, 0.5) is 0 Å². The largest absolute Gasteiger partial charge is 0.370 e. The molecule has 6 nitrogen and oxygen atoms in total. The van der Waals surface area contributed by atoms with Gasteiger partial charge in [0.25, 0.3) is 0 Å². The Hall–Kier alpha value is -1.14. The van der Waals surface area contributed by atoms with E-state index < -0.39 is 11.9 Å². The molecule has 2 aliphatic heterocycles. The van der Waals surface area contributed by atoms with Crippen LogP contribution in [0.5, 0.6) is 0 Å². The van der Waals surface area contributed by atoms with Crippen molar-refractivity contribution >= 4 is 11.8 Å². The van der Waals surface area contributed by atoms with E-state index in [9.17, 15) is 9.59 Å². The van der Waals surface area contributed by atoms with Gasteiger partial charge in [-0.05, 0) is 32.4 Å². The van der Waals surface area contributed by atoms with Crippen molar-refractivity contribution in [1.82, 2.24) is 9.80 Å². The molecular weight excluding hydrogens is 232 g/mol. The first-order chi connectivity index (χ1) is 8.58. The van der Waals surface area contributed by atoms with Crippen LogP contribution >= 0.6 is 0 Å². The van der Waals surface area contributed by atoms with Gasteiger partial charge < -0.3 is 16.4 Å². The van der Waals surface area contributed by atoms with Gasteiger partial charge in [-0.1, -0.05) is 0 Å². The van der Waals surface area contributed by atoms with Crippen LogP contribution in [-0.2, 0) is 9.59 Å². The van der Waals surface area contributed by atoms with Gasteiger partial charge in [-0.2, -0.15) is 0 Å². The Bertz CT molecular complexity index is 328. The van der Waals surface area contributed by atoms with Gasteiger partial charge in [0.1, 0.15) is 0 Å². The molecule has 0 aromatic rings. The van der Waals surface area contributed by atoms with Crippen LogP contribution in [0, 0.1) is 0 Å². The molecule has 2 rings (SSSR count). The van der Waals surface area contributed by atoms with Crippen molar-refractivity contribution in [2.75, 3.05) is 26.2 Å². The number of nitrogens with two attached hydrogens (primary N) is 2. The van der Waals surface area contributed by atoms with Crippen LogP contribution < -0.4 is 11.5 Å². The highest BCUT2D eigenvalue weighted by Crippen LogP contribution is 2.20. The van der Waals surface area contributed by atoms with E-state index in [2.05, 4.69) is 4.90 Å². The van der Waals surface area contributed by atoms with E-state index in [-0.39, 0.29) is 12.3 Å². The van der Waals surface area contributed by atoms with Crippen LogP contribution in [0.15, 0.2) is 0 Å². The van der Waals surface area contributed by atoms with E-state index in [0.29, 0.717) is 6.04 Å². The fourth-order valence-electron chi connectivity index (χ4n) is 2.89. The molecule has 0 saturated carbocycles. The SMILES string of the molecule is NC(=O)C[C@H](N)C(=O)N1CCC(N2CCCC2)C1. The number of hydrogen-bond acceptors (Lipinski definition) is 4. The standard InChI is InChI=1S/C12H22N4O2/c13-10(7-11(14)17)12(18)16-6-3-9(8-16)15-4-1-2-5-15/h9-10H,1-8,13H2,(H2,14,17)/t9?,10-/m0/s1. The highest BCUT2D eigenvalue weighted by molar-refractivity contribution is 5.87. The highest BCUT2D eigenvalue weighted by Gasteiger charge is 2.33. The fourth-order valence-corrected chi connectivity index (χ4v) is 2.89. The van der Waals surface area contributed by atoms with Crippen molar-refractivity contribution in [3.8, 4) is 0 Å². The summed E-state index contributed by atoms with van der Waals surface area (Å²) in [5.74, 6) is -0.665. The number of primary amides is 1. The predicted octanol–water partition coefficient (Wildman–Crippen LogP) is -1.11. The molecular formula is C12H22N4O2. The lowest BCUT2D eigenvalue weighted by atomic mass is 10.2. The maximum Gasteiger partial charge on any atom is 0.240 e. The third kappa shape index (κ3) is 3.00. The number of amides is 2. The number of carbonyl (C=O) groups is 2. The molecule has 0 radical (unpaired) electrons. The number of hydrogen-bond donors (Lipinski definition) is 2. The first-order valence-electron chi connectivity index (χ1n) is 6.64. The lowest BCUT2D eigenvalue weighted by Gasteiger charge is -2.24. The molecule has 2 saturated heterocycles. The quantitative estimate of drug-likeness (QED) is 0.665. The number of likely N-dealkylation sites (tertiary alicyclic amines) is 2. The summed E-state index contributed by atoms with van der Waals surface area (Å²) >= 11 is 0. The van der Waals surface area contributed by atoms with Gasteiger partial charge in [0.2, 0.25) is 11.8 Å². The van der Waals surface area contributed by atoms with Crippen molar-refractivity contribution in [3.63, 3.8) is 0 Å². The number of rotatable bonds is 4. The zero-order valence-corrected chi connectivity index (χ0v) is 10.7. The maximum atomic E-state index is 12.0. The van der Waals surface area contributed by atoms with Gasteiger partial charge in [-0.25, -0.2) is 0 Å². The molecule has 2 heterocycles. The second-order valence-corrected chi connectivity index (χ2v) is 5.25. The Morgan fingerprint density at radius 3 is 2.50 bits per heavy atom. The van der Waals surface area contributed by atoms with Crippen LogP contribution in [-0.4, -0.2) is 59.9 Å². The average molecular weight is 254 g/mol. The Kier molecular flexibility index (Phi) is 4.19. The van der Waals surface area contributed by atoms with Crippen LogP contribution in [0.25, 0.3) is 0 Å². The highest BCUT2D eigenvalue weighted by atomic mass is 16.2. The van der Waals surface area contributed by atoms with E-state index in [4.69, 9.17) is 11.5 Å². The normalized spacial score (nSPS) is 26.5. The smallest absolute Gasteiger partial charge is 0.240 e. The molecule has 4 N–H and O–H groups in total. The van der Waals surface area contributed by atoms with Crippen LogP contribution in [0.3, 0.4) is 0 Å². The average Bonchev–Trinajstić information content (AvgIpc) is 2.97. The second-order valence-electron chi connectivity index (χ2n) is 5.25. The van der Waals surface area contributed by atoms with E-state index in [0.717, 1.165) is 32.6 Å². The lowest BCUT2D eigenvalue weighted by Crippen LogP contribution is -2.46. The maximum absolute atomic E-state index is 12.0. The summed E-state index contributed by atoms with van der Waals surface area (Å²) in [6.45, 7) is 3.76. The van der Waals surface area contributed by atoms with E-state index in [1.165, 1.54) is 12.8 Å². The Balaban J connectivity index is 1.84. The van der Waals surface area contributed by atoms with Gasteiger partial charge in [0.05, 0.1) is 12.5 Å². The molecule has 0 aromatic heterocycles. The molecule has 2 fully saturated rings. The van der Waals surface area contributed by atoms with E-state index >= 15 is 0 Å². The fraction of sp³-hybridized carbons (Fsp3) is 0.833. The Morgan fingerprint density at radius 1 is 1.22 bits per heavy atom. The predicted molar refractivity (Wildman–Crippen MR) is 67.6 cm³/mol. The van der Waals surface area contributed by atoms with Crippen molar-refractivity contribution < 1.29 is 9.59 Å². The Labute approximate surface area is 107 Å². The topological polar surface area (TPSA) is 92.7 Å². The third-order valence-corrected chi connectivity index (χ3v) is 3.87. The summed E-state index contributed by atoms with van der Waals surface area (Å²) in [7, 11) is 0. The van der Waals surface area contributed by atoms with E-state index in [1.807, 2.05) is 0 Å². The first kappa shape index (κ1) is 13.3. The first-order valence-corrected chi connectivity index (χ1v) is 6.64. The summed E-state index contributed by atoms with van der Waals surface area (Å²) in [5, 5.41) is 0. The number of carbonyl (C=O) groups excluding carboxylic acids is 2. The van der Waals surface area contributed by atoms with Crippen molar-refractivity contribution in [3.05, 3.63) is 0 Å². The molecule has 0 spiro atoms. The minimum absolute atomic E-state index is 0.0658. The minimum Gasteiger partial charge on any atom is -0.370 e. The molecule has 0 bridgehead atoms. The number of nitrogens with zero attached hydrogens (tertiary/aromatic N) is 2. The molecule has 18 heavy (non-hydrogen) atoms.